The van der Waals surface area contributed by atoms with Crippen molar-refractivity contribution in [3.63, 3.8) is 0 Å². The molecule has 5 nitrogen and oxygen atoms in total. The molecule has 3 aromatic heterocycles. The van der Waals surface area contributed by atoms with Gasteiger partial charge in [-0.05, 0) is 43.5 Å². The van der Waals surface area contributed by atoms with E-state index in [9.17, 15) is 8.42 Å². The SMILES string of the molecule is Cc1nc(-c2ccc(S(=O)(=O)N3CCCC[C@H]3c3cccnc3)s2)cs1. The van der Waals surface area contributed by atoms with E-state index in [0.29, 0.717) is 10.8 Å². The Labute approximate surface area is 161 Å². The topological polar surface area (TPSA) is 63.2 Å². The zero-order valence-electron chi connectivity index (χ0n) is 14.3. The van der Waals surface area contributed by atoms with E-state index in [1.54, 1.807) is 34.1 Å². The minimum atomic E-state index is -3.54. The summed E-state index contributed by atoms with van der Waals surface area (Å²) in [7, 11) is -3.54. The molecule has 4 rings (SSSR count). The summed E-state index contributed by atoms with van der Waals surface area (Å²) in [5.41, 5.74) is 1.81. The van der Waals surface area contributed by atoms with Gasteiger partial charge < -0.3 is 0 Å². The second-order valence-corrected chi connectivity index (χ2v) is 10.5. The highest BCUT2D eigenvalue weighted by Crippen LogP contribution is 2.38. The molecule has 0 spiro atoms. The number of aromatic nitrogens is 2. The second kappa shape index (κ2) is 7.19. The number of hydrogen-bond donors (Lipinski definition) is 0. The maximum Gasteiger partial charge on any atom is 0.253 e. The highest BCUT2D eigenvalue weighted by Gasteiger charge is 2.35. The average Bonchev–Trinajstić information content (AvgIpc) is 3.32. The van der Waals surface area contributed by atoms with E-state index >= 15 is 0 Å². The standard InChI is InChI=1S/C18H19N3O2S3/c1-13-20-15(12-24-13)17-7-8-18(25-17)26(22,23)21-10-3-2-6-16(21)14-5-4-9-19-11-14/h4-5,7-9,11-12,16H,2-3,6,10H2,1H3/t16-/m0/s1. The van der Waals surface area contributed by atoms with Gasteiger partial charge in [0.15, 0.2) is 0 Å². The van der Waals surface area contributed by atoms with Crippen molar-refractivity contribution >= 4 is 32.7 Å². The van der Waals surface area contributed by atoms with E-state index in [2.05, 4.69) is 9.97 Å². The van der Waals surface area contributed by atoms with Gasteiger partial charge >= 0.3 is 0 Å². The van der Waals surface area contributed by atoms with Crippen LogP contribution in [0, 0.1) is 6.92 Å². The summed E-state index contributed by atoms with van der Waals surface area (Å²) in [6, 6.07) is 7.24. The fourth-order valence-electron chi connectivity index (χ4n) is 3.29. The molecule has 0 radical (unpaired) electrons. The summed E-state index contributed by atoms with van der Waals surface area (Å²) in [5.74, 6) is 0. The Bertz CT molecular complexity index is 996. The summed E-state index contributed by atoms with van der Waals surface area (Å²) >= 11 is 2.87. The molecule has 0 amide bonds. The third-order valence-electron chi connectivity index (χ3n) is 4.54. The van der Waals surface area contributed by atoms with Gasteiger partial charge in [0.1, 0.15) is 4.21 Å². The molecule has 26 heavy (non-hydrogen) atoms. The van der Waals surface area contributed by atoms with Crippen LogP contribution in [0.1, 0.15) is 35.9 Å². The van der Waals surface area contributed by atoms with Crippen molar-refractivity contribution in [1.29, 1.82) is 0 Å². The van der Waals surface area contributed by atoms with Crippen molar-refractivity contribution in [1.82, 2.24) is 14.3 Å². The number of pyridine rings is 1. The lowest BCUT2D eigenvalue weighted by Gasteiger charge is -2.34. The van der Waals surface area contributed by atoms with Crippen molar-refractivity contribution in [2.45, 2.75) is 36.4 Å². The maximum atomic E-state index is 13.3. The third kappa shape index (κ3) is 3.34. The monoisotopic (exact) mass is 405 g/mol. The molecule has 1 saturated heterocycles. The molecule has 3 aromatic rings. The van der Waals surface area contributed by atoms with Gasteiger partial charge in [0.25, 0.3) is 10.0 Å². The number of nitrogens with zero attached hydrogens (tertiary/aromatic N) is 3. The van der Waals surface area contributed by atoms with Crippen molar-refractivity contribution in [3.8, 4) is 10.6 Å². The Morgan fingerprint density at radius 2 is 2.12 bits per heavy atom. The lowest BCUT2D eigenvalue weighted by Crippen LogP contribution is -2.38. The number of thiophene rings is 1. The van der Waals surface area contributed by atoms with E-state index in [0.717, 1.165) is 40.4 Å². The van der Waals surface area contributed by atoms with E-state index in [4.69, 9.17) is 0 Å². The minimum absolute atomic E-state index is 0.144. The van der Waals surface area contributed by atoms with Crippen LogP contribution >= 0.6 is 22.7 Å². The molecule has 1 aliphatic heterocycles. The summed E-state index contributed by atoms with van der Waals surface area (Å²) < 4.78 is 28.7. The van der Waals surface area contributed by atoms with Crippen LogP contribution in [0.5, 0.6) is 0 Å². The number of sulfonamides is 1. The van der Waals surface area contributed by atoms with Gasteiger partial charge in [0.05, 0.1) is 21.6 Å². The Hall–Kier alpha value is -1.61. The Morgan fingerprint density at radius 3 is 2.85 bits per heavy atom. The van der Waals surface area contributed by atoms with Crippen molar-refractivity contribution < 1.29 is 8.42 Å². The molecular formula is C18H19N3O2S3. The second-order valence-electron chi connectivity index (χ2n) is 6.28. The molecule has 1 aliphatic rings. The Balaban J connectivity index is 1.67. The summed E-state index contributed by atoms with van der Waals surface area (Å²) in [4.78, 5) is 9.52. The normalized spacial score (nSPS) is 18.9. The van der Waals surface area contributed by atoms with Crippen LogP contribution in [0.4, 0.5) is 0 Å². The average molecular weight is 406 g/mol. The molecule has 0 aliphatic carbocycles. The van der Waals surface area contributed by atoms with Gasteiger partial charge in [-0.25, -0.2) is 13.4 Å². The van der Waals surface area contributed by atoms with Crippen LogP contribution in [0.15, 0.2) is 46.2 Å². The number of hydrogen-bond acceptors (Lipinski definition) is 6. The van der Waals surface area contributed by atoms with Gasteiger partial charge in [-0.1, -0.05) is 12.5 Å². The van der Waals surface area contributed by atoms with Crippen LogP contribution in [0.25, 0.3) is 10.6 Å². The lowest BCUT2D eigenvalue weighted by atomic mass is 9.99. The van der Waals surface area contributed by atoms with Crippen molar-refractivity contribution in [2.75, 3.05) is 6.54 Å². The number of thiazole rings is 1. The summed E-state index contributed by atoms with van der Waals surface area (Å²) in [6.45, 7) is 2.50. The largest absolute Gasteiger partial charge is 0.264 e. The number of aryl methyl sites for hydroxylation is 1. The zero-order valence-corrected chi connectivity index (χ0v) is 16.8. The van der Waals surface area contributed by atoms with Gasteiger partial charge in [0.2, 0.25) is 0 Å². The van der Waals surface area contributed by atoms with E-state index in [-0.39, 0.29) is 6.04 Å². The van der Waals surface area contributed by atoms with Gasteiger partial charge in [0, 0.05) is 24.3 Å². The number of rotatable bonds is 4. The third-order valence-corrected chi connectivity index (χ3v) is 8.80. The van der Waals surface area contributed by atoms with Crippen LogP contribution in [0.3, 0.4) is 0 Å². The molecule has 0 unspecified atom stereocenters. The predicted octanol–water partition coefficient (Wildman–Crippen LogP) is 4.49. The molecule has 1 atom stereocenters. The molecule has 4 heterocycles. The maximum absolute atomic E-state index is 13.3. The first-order valence-electron chi connectivity index (χ1n) is 8.50. The molecule has 0 aromatic carbocycles. The molecule has 0 N–H and O–H groups in total. The molecular weight excluding hydrogens is 386 g/mol. The first-order chi connectivity index (χ1) is 12.6. The first-order valence-corrected chi connectivity index (χ1v) is 11.6. The highest BCUT2D eigenvalue weighted by molar-refractivity contribution is 7.91. The van der Waals surface area contributed by atoms with Crippen LogP contribution in [0.2, 0.25) is 0 Å². The van der Waals surface area contributed by atoms with Crippen LogP contribution in [-0.2, 0) is 10.0 Å². The Morgan fingerprint density at radius 1 is 1.23 bits per heavy atom. The molecule has 0 bridgehead atoms. The van der Waals surface area contributed by atoms with E-state index in [1.165, 1.54) is 11.3 Å². The lowest BCUT2D eigenvalue weighted by molar-refractivity contribution is 0.256. The van der Waals surface area contributed by atoms with Gasteiger partial charge in [-0.15, -0.1) is 22.7 Å². The summed E-state index contributed by atoms with van der Waals surface area (Å²) in [6.07, 6.45) is 6.23. The van der Waals surface area contributed by atoms with Crippen molar-refractivity contribution in [2.24, 2.45) is 0 Å². The highest BCUT2D eigenvalue weighted by atomic mass is 32.2. The molecule has 1 fully saturated rings. The van der Waals surface area contributed by atoms with Gasteiger partial charge in [-0.3, -0.25) is 4.98 Å². The first kappa shape index (κ1) is 17.8. The molecule has 136 valence electrons. The number of piperidine rings is 1. The minimum Gasteiger partial charge on any atom is -0.264 e. The quantitative estimate of drug-likeness (QED) is 0.641. The van der Waals surface area contributed by atoms with Crippen LogP contribution < -0.4 is 0 Å². The van der Waals surface area contributed by atoms with Crippen LogP contribution in [-0.4, -0.2) is 29.2 Å². The van der Waals surface area contributed by atoms with E-state index < -0.39 is 10.0 Å². The van der Waals surface area contributed by atoms with E-state index in [1.807, 2.05) is 30.5 Å². The van der Waals surface area contributed by atoms with Crippen molar-refractivity contribution in [3.05, 3.63) is 52.6 Å². The fourth-order valence-corrected chi connectivity index (χ4v) is 7.05. The Kier molecular flexibility index (Phi) is 4.92. The smallest absolute Gasteiger partial charge is 0.253 e. The zero-order chi connectivity index (χ0) is 18.1. The van der Waals surface area contributed by atoms with Gasteiger partial charge in [-0.2, -0.15) is 4.31 Å². The summed E-state index contributed by atoms with van der Waals surface area (Å²) in [5, 5.41) is 2.95. The predicted molar refractivity (Wildman–Crippen MR) is 105 cm³/mol. The fraction of sp³-hybridized carbons (Fsp3) is 0.333. The molecule has 0 saturated carbocycles. The molecule has 8 heteroatoms.